The molecule has 0 nitrogen and oxygen atoms in total. The van der Waals surface area contributed by atoms with Crippen LogP contribution in [0.2, 0.25) is 0 Å². The van der Waals surface area contributed by atoms with Crippen molar-refractivity contribution in [2.24, 2.45) is 0 Å². The van der Waals surface area contributed by atoms with Crippen molar-refractivity contribution in [3.05, 3.63) is 59.7 Å². The van der Waals surface area contributed by atoms with Gasteiger partial charge in [-0.2, -0.15) is 0 Å². The van der Waals surface area contributed by atoms with Gasteiger partial charge in [0.05, 0.1) is 0 Å². The Morgan fingerprint density at radius 3 is 2.20 bits per heavy atom. The molecule has 0 fully saturated rings. The predicted molar refractivity (Wildman–Crippen MR) is 94.5 cm³/mol. The van der Waals surface area contributed by atoms with Crippen LogP contribution in [0.15, 0.2) is 48.6 Å². The van der Waals surface area contributed by atoms with Crippen molar-refractivity contribution >= 4 is 10.8 Å². The highest BCUT2D eigenvalue weighted by Gasteiger charge is 1.99. The number of hydrogen-bond acceptors (Lipinski definition) is 0. The lowest BCUT2D eigenvalue weighted by molar-refractivity contribution is 0.929. The maximum Gasteiger partial charge on any atom is -0.0149 e. The van der Waals surface area contributed by atoms with Crippen LogP contribution in [0.25, 0.3) is 10.8 Å². The van der Waals surface area contributed by atoms with Gasteiger partial charge in [-0.25, -0.2) is 0 Å². The third kappa shape index (κ3) is 6.56. The lowest BCUT2D eigenvalue weighted by Gasteiger charge is -2.05. The smallest absolute Gasteiger partial charge is 0.0149 e. The highest BCUT2D eigenvalue weighted by atomic mass is 14.0. The fourth-order valence-electron chi connectivity index (χ4n) is 1.94. The number of allylic oxidation sites excluding steroid dienone is 1. The Hall–Kier alpha value is -1.56. The summed E-state index contributed by atoms with van der Waals surface area (Å²) in [7, 11) is 0. The summed E-state index contributed by atoms with van der Waals surface area (Å²) >= 11 is 0. The summed E-state index contributed by atoms with van der Waals surface area (Å²) < 4.78 is 0. The monoisotopic (exact) mass is 270 g/mol. The molecular weight excluding hydrogens is 240 g/mol. The van der Waals surface area contributed by atoms with Gasteiger partial charge in [-0.1, -0.05) is 74.7 Å². The SMILES string of the molecule is C=C(C)C.CC.CCCc1cccc2ccc(C)cc12. The minimum Gasteiger partial charge on any atom is -0.100 e. The van der Waals surface area contributed by atoms with Crippen LogP contribution < -0.4 is 0 Å². The van der Waals surface area contributed by atoms with Crippen molar-refractivity contribution in [1.29, 1.82) is 0 Å². The third-order valence-electron chi connectivity index (χ3n) is 2.65. The van der Waals surface area contributed by atoms with Crippen LogP contribution in [0.1, 0.15) is 52.2 Å². The van der Waals surface area contributed by atoms with Gasteiger partial charge in [-0.05, 0) is 43.5 Å². The number of fused-ring (bicyclic) bond motifs is 1. The van der Waals surface area contributed by atoms with Gasteiger partial charge >= 0.3 is 0 Å². The molecule has 2 aromatic rings. The Morgan fingerprint density at radius 1 is 1.05 bits per heavy atom. The predicted octanol–water partition coefficient (Wildman–Crippen LogP) is 6.71. The number of aryl methyl sites for hydroxylation is 2. The molecule has 0 saturated carbocycles. The number of rotatable bonds is 2. The van der Waals surface area contributed by atoms with E-state index in [9.17, 15) is 0 Å². The average molecular weight is 270 g/mol. The first-order valence-electron chi connectivity index (χ1n) is 7.65. The molecule has 2 aromatic carbocycles. The lowest BCUT2D eigenvalue weighted by atomic mass is 10.00. The molecule has 0 spiro atoms. The summed E-state index contributed by atoms with van der Waals surface area (Å²) in [6.07, 6.45) is 2.40. The molecule has 0 heterocycles. The van der Waals surface area contributed by atoms with Gasteiger partial charge in [0.1, 0.15) is 0 Å². The van der Waals surface area contributed by atoms with Crippen molar-refractivity contribution in [1.82, 2.24) is 0 Å². The van der Waals surface area contributed by atoms with E-state index in [-0.39, 0.29) is 0 Å². The second kappa shape index (κ2) is 10.3. The number of hydrogen-bond donors (Lipinski definition) is 0. The summed E-state index contributed by atoms with van der Waals surface area (Å²) in [5, 5.41) is 2.79. The van der Waals surface area contributed by atoms with Crippen LogP contribution in [0.3, 0.4) is 0 Å². The van der Waals surface area contributed by atoms with Gasteiger partial charge in [-0.15, -0.1) is 6.58 Å². The molecular formula is C20H30. The fourth-order valence-corrected chi connectivity index (χ4v) is 1.94. The Labute approximate surface area is 125 Å². The van der Waals surface area contributed by atoms with E-state index in [4.69, 9.17) is 0 Å². The van der Waals surface area contributed by atoms with E-state index in [0.717, 1.165) is 0 Å². The molecule has 0 N–H and O–H groups in total. The van der Waals surface area contributed by atoms with Crippen molar-refractivity contribution in [3.63, 3.8) is 0 Å². The zero-order valence-corrected chi connectivity index (χ0v) is 14.1. The molecule has 110 valence electrons. The largest absolute Gasteiger partial charge is 0.100 e. The molecule has 0 saturated heterocycles. The van der Waals surface area contributed by atoms with Crippen LogP contribution in [-0.4, -0.2) is 0 Å². The maximum absolute atomic E-state index is 3.56. The fraction of sp³-hybridized carbons (Fsp3) is 0.400. The highest BCUT2D eigenvalue weighted by Crippen LogP contribution is 2.21. The van der Waals surface area contributed by atoms with Gasteiger partial charge in [-0.3, -0.25) is 0 Å². The summed E-state index contributed by atoms with van der Waals surface area (Å²) in [6, 6.07) is 13.3. The van der Waals surface area contributed by atoms with E-state index in [1.165, 1.54) is 40.3 Å². The zero-order valence-electron chi connectivity index (χ0n) is 14.1. The minimum absolute atomic E-state index is 1.17. The van der Waals surface area contributed by atoms with Gasteiger partial charge in [0, 0.05) is 0 Å². The summed E-state index contributed by atoms with van der Waals surface area (Å²) in [5.41, 5.74) is 4.00. The molecule has 0 aliphatic rings. The molecule has 0 bridgehead atoms. The van der Waals surface area contributed by atoms with Crippen molar-refractivity contribution in [2.75, 3.05) is 0 Å². The van der Waals surface area contributed by atoms with Crippen molar-refractivity contribution in [2.45, 2.75) is 54.4 Å². The topological polar surface area (TPSA) is 0 Å². The standard InChI is InChI=1S/C14H16.C4H8.C2H6/c1-3-5-12-6-4-7-13-9-8-11(2)10-14(12)13;1-4(2)3;1-2/h4,6-10H,3,5H2,1-2H3;1H2,2-3H3;1-2H3. The van der Waals surface area contributed by atoms with E-state index in [2.05, 4.69) is 56.8 Å². The molecule has 0 unspecified atom stereocenters. The van der Waals surface area contributed by atoms with E-state index >= 15 is 0 Å². The molecule has 2 rings (SSSR count). The van der Waals surface area contributed by atoms with Gasteiger partial charge in [0.2, 0.25) is 0 Å². The first-order chi connectivity index (χ1) is 9.54. The zero-order chi connectivity index (χ0) is 15.5. The first-order valence-corrected chi connectivity index (χ1v) is 7.65. The molecule has 0 amide bonds. The van der Waals surface area contributed by atoms with Crippen LogP contribution in [0.5, 0.6) is 0 Å². The minimum atomic E-state index is 1.17. The summed E-state index contributed by atoms with van der Waals surface area (Å²) in [4.78, 5) is 0. The van der Waals surface area contributed by atoms with E-state index in [1.54, 1.807) is 0 Å². The third-order valence-corrected chi connectivity index (χ3v) is 2.65. The van der Waals surface area contributed by atoms with Crippen LogP contribution in [0.4, 0.5) is 0 Å². The molecule has 0 radical (unpaired) electrons. The second-order valence-corrected chi connectivity index (χ2v) is 5.10. The van der Waals surface area contributed by atoms with Gasteiger partial charge in [0.15, 0.2) is 0 Å². The van der Waals surface area contributed by atoms with E-state index in [1.807, 2.05) is 27.7 Å². The second-order valence-electron chi connectivity index (χ2n) is 5.10. The summed E-state index contributed by atoms with van der Waals surface area (Å²) in [5.74, 6) is 0. The molecule has 0 aromatic heterocycles. The Bertz CT molecular complexity index is 517. The first kappa shape index (κ1) is 18.4. The Balaban J connectivity index is 0.000000521. The van der Waals surface area contributed by atoms with Crippen molar-refractivity contribution in [3.8, 4) is 0 Å². The van der Waals surface area contributed by atoms with E-state index < -0.39 is 0 Å². The average Bonchev–Trinajstić information content (AvgIpc) is 2.41. The van der Waals surface area contributed by atoms with Gasteiger partial charge < -0.3 is 0 Å². The van der Waals surface area contributed by atoms with E-state index in [0.29, 0.717) is 0 Å². The molecule has 0 aliphatic heterocycles. The van der Waals surface area contributed by atoms with Crippen molar-refractivity contribution < 1.29 is 0 Å². The quantitative estimate of drug-likeness (QED) is 0.532. The maximum atomic E-state index is 3.56. The molecule has 0 atom stereocenters. The summed E-state index contributed by atoms with van der Waals surface area (Å²) in [6.45, 7) is 15.9. The number of benzene rings is 2. The highest BCUT2D eigenvalue weighted by molar-refractivity contribution is 5.86. The van der Waals surface area contributed by atoms with Crippen LogP contribution >= 0.6 is 0 Å². The lowest BCUT2D eigenvalue weighted by Crippen LogP contribution is -1.86. The molecule has 0 aliphatic carbocycles. The normalized spacial score (nSPS) is 9.10. The van der Waals surface area contributed by atoms with Crippen LogP contribution in [-0.2, 0) is 6.42 Å². The molecule has 20 heavy (non-hydrogen) atoms. The van der Waals surface area contributed by atoms with Crippen LogP contribution in [0, 0.1) is 6.92 Å². The Morgan fingerprint density at radius 2 is 1.65 bits per heavy atom. The molecule has 0 heteroatoms. The Kier molecular flexibility index (Phi) is 9.45. The van der Waals surface area contributed by atoms with Gasteiger partial charge in [0.25, 0.3) is 0 Å².